The van der Waals surface area contributed by atoms with Gasteiger partial charge in [0.1, 0.15) is 0 Å². The van der Waals surface area contributed by atoms with Crippen LogP contribution < -0.4 is 11.5 Å². The van der Waals surface area contributed by atoms with Crippen LogP contribution in [0.25, 0.3) is 0 Å². The van der Waals surface area contributed by atoms with Crippen molar-refractivity contribution < 1.29 is 0 Å². The van der Waals surface area contributed by atoms with E-state index in [-0.39, 0.29) is 12.1 Å². The van der Waals surface area contributed by atoms with Crippen molar-refractivity contribution in [1.29, 1.82) is 0 Å². The van der Waals surface area contributed by atoms with E-state index in [2.05, 4.69) is 0 Å². The molecule has 78 valence electrons. The highest BCUT2D eigenvalue weighted by molar-refractivity contribution is 6.30. The van der Waals surface area contributed by atoms with E-state index in [4.69, 9.17) is 23.1 Å². The molecule has 4 N–H and O–H groups in total. The van der Waals surface area contributed by atoms with Crippen LogP contribution in [0.1, 0.15) is 30.5 Å². The quantitative estimate of drug-likeness (QED) is 0.809. The SMILES string of the molecule is CCC(N)C(N)c1ccc(Cl)cc1C. The number of hydrogen-bond donors (Lipinski definition) is 2. The third-order valence-corrected chi connectivity index (χ3v) is 2.76. The Balaban J connectivity index is 2.95. The van der Waals surface area contributed by atoms with E-state index < -0.39 is 0 Å². The van der Waals surface area contributed by atoms with E-state index in [0.29, 0.717) is 0 Å². The summed E-state index contributed by atoms with van der Waals surface area (Å²) in [4.78, 5) is 0. The van der Waals surface area contributed by atoms with Gasteiger partial charge < -0.3 is 11.5 Å². The van der Waals surface area contributed by atoms with E-state index in [9.17, 15) is 0 Å². The highest BCUT2D eigenvalue weighted by Gasteiger charge is 2.15. The first-order valence-corrected chi connectivity index (χ1v) is 5.21. The molecule has 14 heavy (non-hydrogen) atoms. The second kappa shape index (κ2) is 4.78. The minimum absolute atomic E-state index is 0.00914. The van der Waals surface area contributed by atoms with Crippen molar-refractivity contribution >= 4 is 11.6 Å². The van der Waals surface area contributed by atoms with Crippen molar-refractivity contribution in [2.45, 2.75) is 32.4 Å². The minimum atomic E-state index is -0.0998. The molecule has 0 aliphatic heterocycles. The smallest absolute Gasteiger partial charge is 0.0451 e. The molecule has 3 heteroatoms. The van der Waals surface area contributed by atoms with Gasteiger partial charge in [0.2, 0.25) is 0 Å². The molecule has 2 unspecified atom stereocenters. The third kappa shape index (κ3) is 2.47. The van der Waals surface area contributed by atoms with Crippen LogP contribution in [0.5, 0.6) is 0 Å². The average molecular weight is 213 g/mol. The molecule has 0 spiro atoms. The van der Waals surface area contributed by atoms with Crippen LogP contribution in [0.2, 0.25) is 5.02 Å². The van der Waals surface area contributed by atoms with Crippen LogP contribution in [-0.4, -0.2) is 6.04 Å². The van der Waals surface area contributed by atoms with Gasteiger partial charge in [-0.2, -0.15) is 0 Å². The van der Waals surface area contributed by atoms with Crippen molar-refractivity contribution in [2.75, 3.05) is 0 Å². The fourth-order valence-electron chi connectivity index (χ4n) is 1.50. The first kappa shape index (κ1) is 11.5. The molecule has 0 bridgehead atoms. The van der Waals surface area contributed by atoms with Gasteiger partial charge >= 0.3 is 0 Å². The van der Waals surface area contributed by atoms with Gasteiger partial charge in [-0.3, -0.25) is 0 Å². The topological polar surface area (TPSA) is 52.0 Å². The lowest BCUT2D eigenvalue weighted by Crippen LogP contribution is -2.33. The monoisotopic (exact) mass is 212 g/mol. The van der Waals surface area contributed by atoms with E-state index in [1.165, 1.54) is 0 Å². The molecule has 1 aromatic carbocycles. The van der Waals surface area contributed by atoms with Gasteiger partial charge in [-0.25, -0.2) is 0 Å². The largest absolute Gasteiger partial charge is 0.326 e. The van der Waals surface area contributed by atoms with Gasteiger partial charge in [-0.1, -0.05) is 24.6 Å². The van der Waals surface area contributed by atoms with Crippen molar-refractivity contribution in [2.24, 2.45) is 11.5 Å². The molecule has 2 atom stereocenters. The number of rotatable bonds is 3. The molecule has 0 aromatic heterocycles. The molecule has 0 aliphatic carbocycles. The summed E-state index contributed by atoms with van der Waals surface area (Å²) in [7, 11) is 0. The second-order valence-corrected chi connectivity index (χ2v) is 4.04. The third-order valence-electron chi connectivity index (χ3n) is 2.52. The predicted molar refractivity (Wildman–Crippen MR) is 61.4 cm³/mol. The predicted octanol–water partition coefficient (Wildman–Crippen LogP) is 2.39. The Morgan fingerprint density at radius 3 is 2.50 bits per heavy atom. The van der Waals surface area contributed by atoms with Crippen LogP contribution in [0.4, 0.5) is 0 Å². The standard InChI is InChI=1S/C11H17ClN2/c1-3-10(13)11(14)9-5-4-8(12)6-7(9)2/h4-6,10-11H,3,13-14H2,1-2H3. The summed E-state index contributed by atoms with van der Waals surface area (Å²) in [6.07, 6.45) is 0.878. The van der Waals surface area contributed by atoms with Crippen molar-refractivity contribution in [3.63, 3.8) is 0 Å². The summed E-state index contributed by atoms with van der Waals surface area (Å²) >= 11 is 5.86. The summed E-state index contributed by atoms with van der Waals surface area (Å²) < 4.78 is 0. The van der Waals surface area contributed by atoms with Gasteiger partial charge in [0.25, 0.3) is 0 Å². The fraction of sp³-hybridized carbons (Fsp3) is 0.455. The van der Waals surface area contributed by atoms with Gasteiger partial charge in [-0.05, 0) is 36.6 Å². The summed E-state index contributed by atoms with van der Waals surface area (Å²) in [5.74, 6) is 0. The lowest BCUT2D eigenvalue weighted by Gasteiger charge is -2.20. The Labute approximate surface area is 90.2 Å². The maximum Gasteiger partial charge on any atom is 0.0451 e. The Morgan fingerprint density at radius 2 is 2.00 bits per heavy atom. The number of halogens is 1. The number of aryl methyl sites for hydroxylation is 1. The summed E-state index contributed by atoms with van der Waals surface area (Å²) in [5, 5.41) is 0.739. The Hall–Kier alpha value is -0.570. The van der Waals surface area contributed by atoms with Crippen molar-refractivity contribution in [3.8, 4) is 0 Å². The minimum Gasteiger partial charge on any atom is -0.326 e. The number of benzene rings is 1. The molecule has 1 rings (SSSR count). The van der Waals surface area contributed by atoms with Gasteiger partial charge in [0.05, 0.1) is 0 Å². The molecular weight excluding hydrogens is 196 g/mol. The number of hydrogen-bond acceptors (Lipinski definition) is 2. The highest BCUT2D eigenvalue weighted by Crippen LogP contribution is 2.22. The zero-order valence-corrected chi connectivity index (χ0v) is 9.38. The summed E-state index contributed by atoms with van der Waals surface area (Å²) in [5.41, 5.74) is 14.1. The van der Waals surface area contributed by atoms with E-state index in [1.54, 1.807) is 0 Å². The molecule has 0 aliphatic rings. The normalized spacial score (nSPS) is 15.2. The molecule has 0 amide bonds. The summed E-state index contributed by atoms with van der Waals surface area (Å²) in [6, 6.07) is 5.63. The maximum atomic E-state index is 6.03. The second-order valence-electron chi connectivity index (χ2n) is 3.60. The molecular formula is C11H17ClN2. The van der Waals surface area contributed by atoms with Crippen LogP contribution in [-0.2, 0) is 0 Å². The number of nitrogens with two attached hydrogens (primary N) is 2. The highest BCUT2D eigenvalue weighted by atomic mass is 35.5. The molecule has 0 heterocycles. The molecule has 0 saturated heterocycles. The Kier molecular flexibility index (Phi) is 3.93. The first-order valence-electron chi connectivity index (χ1n) is 4.83. The summed E-state index contributed by atoms with van der Waals surface area (Å²) in [6.45, 7) is 4.04. The van der Waals surface area contributed by atoms with Crippen molar-refractivity contribution in [3.05, 3.63) is 34.3 Å². The van der Waals surface area contributed by atoms with E-state index in [0.717, 1.165) is 22.6 Å². The maximum absolute atomic E-state index is 6.03. The van der Waals surface area contributed by atoms with Crippen LogP contribution in [0.3, 0.4) is 0 Å². The molecule has 2 nitrogen and oxygen atoms in total. The lowest BCUT2D eigenvalue weighted by atomic mass is 9.95. The Morgan fingerprint density at radius 1 is 1.36 bits per heavy atom. The van der Waals surface area contributed by atoms with Crippen LogP contribution in [0, 0.1) is 6.92 Å². The average Bonchev–Trinajstić information content (AvgIpc) is 2.15. The van der Waals surface area contributed by atoms with E-state index in [1.807, 2.05) is 32.0 Å². The Bertz CT molecular complexity index is 312. The van der Waals surface area contributed by atoms with Gasteiger partial charge in [0, 0.05) is 17.1 Å². The molecule has 0 fully saturated rings. The molecule has 0 saturated carbocycles. The van der Waals surface area contributed by atoms with Gasteiger partial charge in [-0.15, -0.1) is 0 Å². The zero-order valence-electron chi connectivity index (χ0n) is 8.63. The fourth-order valence-corrected chi connectivity index (χ4v) is 1.72. The van der Waals surface area contributed by atoms with Crippen LogP contribution >= 0.6 is 11.6 Å². The first-order chi connectivity index (χ1) is 6.56. The zero-order chi connectivity index (χ0) is 10.7. The van der Waals surface area contributed by atoms with Crippen molar-refractivity contribution in [1.82, 2.24) is 0 Å². The molecule has 0 radical (unpaired) electrons. The molecule has 1 aromatic rings. The van der Waals surface area contributed by atoms with Gasteiger partial charge in [0.15, 0.2) is 0 Å². The van der Waals surface area contributed by atoms with Crippen LogP contribution in [0.15, 0.2) is 18.2 Å². The lowest BCUT2D eigenvalue weighted by molar-refractivity contribution is 0.530. The van der Waals surface area contributed by atoms with E-state index >= 15 is 0 Å².